The van der Waals surface area contributed by atoms with Crippen molar-refractivity contribution >= 4 is 76.0 Å². The van der Waals surface area contributed by atoms with Gasteiger partial charge < -0.3 is 83.2 Å². The molecule has 462 valence electrons. The number of fused-ring (bicyclic) bond motifs is 2. The largest absolute Gasteiger partial charge is 0.508 e. The maximum Gasteiger partial charge on any atom is 0.336 e. The van der Waals surface area contributed by atoms with Crippen molar-refractivity contribution in [2.24, 2.45) is 0 Å². The Hall–Kier alpha value is -9.77. The van der Waals surface area contributed by atoms with Crippen molar-refractivity contribution in [1.82, 2.24) is 68.5 Å². The fourth-order valence-corrected chi connectivity index (χ4v) is 8.64. The van der Waals surface area contributed by atoms with Crippen molar-refractivity contribution in [1.29, 1.82) is 0 Å². The molecular weight excluding hydrogens is 1120 g/mol. The number of carbonyl (C=O) groups is 11. The Kier molecular flexibility index (Phi) is 23.9. The zero-order valence-electron chi connectivity index (χ0n) is 48.8. The van der Waals surface area contributed by atoms with Crippen molar-refractivity contribution in [3.63, 3.8) is 0 Å². The average Bonchev–Trinajstić information content (AvgIpc) is 0.877. The molecule has 0 unspecified atom stereocenters. The summed E-state index contributed by atoms with van der Waals surface area (Å²) in [7, 11) is 2.92. The van der Waals surface area contributed by atoms with Gasteiger partial charge in [0.1, 0.15) is 65.4 Å². The molecule has 0 radical (unpaired) electrons. The Balaban J connectivity index is 1.23. The lowest BCUT2D eigenvalue weighted by atomic mass is 9.89. The van der Waals surface area contributed by atoms with Crippen LogP contribution >= 0.6 is 0 Å². The van der Waals surface area contributed by atoms with Gasteiger partial charge in [-0.05, 0) is 123 Å². The minimum Gasteiger partial charge on any atom is -0.508 e. The van der Waals surface area contributed by atoms with Crippen molar-refractivity contribution in [3.8, 4) is 28.2 Å². The van der Waals surface area contributed by atoms with Gasteiger partial charge in [0.2, 0.25) is 53.2 Å². The van der Waals surface area contributed by atoms with Crippen LogP contribution in [0, 0.1) is 0 Å². The number of phenolic OH excluding ortho intramolecular Hbond substituents is 1. The number of hydrogen-bond donors (Lipinski definition) is 15. The SMILES string of the molecule is CNC(=O)[C@@H](Cc1cnc[nH]1)NC(=O)[C@H](NC(=O)[C@@H](C)NC(=O)[C@@H](C)NC(=O)[C@@H](C)NC(=O)[C@@H](CCCCNC(=O)c1ccc(C(=O)O)c(-c2c3ccc(=O)cc-3oc3cc(O)ccc23)c1)NC(=O)[C@@H](C)NC(=O)[C@@H](C)NC(=O)[C@@H](C)NC)[C@H](C)O. The minimum absolute atomic E-state index is 0.0000337. The highest BCUT2D eigenvalue weighted by Crippen LogP contribution is 2.42. The molecule has 86 heavy (non-hydrogen) atoms. The number of rotatable bonds is 29. The number of carbonyl (C=O) groups excluding carboxylic acids is 10. The highest BCUT2D eigenvalue weighted by Gasteiger charge is 2.34. The molecule has 29 heteroatoms. The van der Waals surface area contributed by atoms with E-state index in [9.17, 15) is 72.9 Å². The Morgan fingerprint density at radius 1 is 0.593 bits per heavy atom. The molecule has 0 saturated heterocycles. The van der Waals surface area contributed by atoms with Crippen LogP contribution in [0.5, 0.6) is 5.75 Å². The Labute approximate surface area is 493 Å². The number of carboxylic acid groups (broad SMARTS) is 1. The number of hydrogen-bond acceptors (Lipinski definition) is 17. The maximum atomic E-state index is 14.0. The van der Waals surface area contributed by atoms with Gasteiger partial charge in [-0.3, -0.25) is 52.7 Å². The number of likely N-dealkylation sites (N-methyl/N-ethyl adjacent to an activating group) is 2. The molecule has 0 fully saturated rings. The van der Waals surface area contributed by atoms with Crippen molar-refractivity contribution in [3.05, 3.63) is 94.2 Å². The Bertz CT molecular complexity index is 3350. The molecule has 0 bridgehead atoms. The summed E-state index contributed by atoms with van der Waals surface area (Å²) in [6, 6.07) is 1.06. The van der Waals surface area contributed by atoms with E-state index in [1.54, 1.807) is 14.0 Å². The minimum atomic E-state index is -1.58. The van der Waals surface area contributed by atoms with Crippen LogP contribution < -0.4 is 63.9 Å². The summed E-state index contributed by atoms with van der Waals surface area (Å²) < 4.78 is 5.91. The van der Waals surface area contributed by atoms with Gasteiger partial charge in [0, 0.05) is 66.1 Å². The molecule has 2 heterocycles. The molecule has 15 N–H and O–H groups in total. The molecule has 3 aromatic rings. The number of benzene rings is 3. The van der Waals surface area contributed by atoms with Crippen LogP contribution in [-0.2, 0) is 49.6 Å². The Morgan fingerprint density at radius 3 is 1.70 bits per heavy atom. The number of aromatic amines is 1. The molecular formula is C57H73N13O16. The predicted molar refractivity (Wildman–Crippen MR) is 310 cm³/mol. The summed E-state index contributed by atoms with van der Waals surface area (Å²) in [4.78, 5) is 164. The van der Waals surface area contributed by atoms with E-state index in [0.717, 1.165) is 0 Å². The normalized spacial score (nSPS) is 14.6. The summed E-state index contributed by atoms with van der Waals surface area (Å²) in [5, 5.41) is 59.0. The number of phenols is 1. The summed E-state index contributed by atoms with van der Waals surface area (Å²) in [5.74, 6) is -9.01. The molecule has 0 spiro atoms. The highest BCUT2D eigenvalue weighted by atomic mass is 16.4. The molecule has 29 nitrogen and oxygen atoms in total. The quantitative estimate of drug-likeness (QED) is 0.0192. The van der Waals surface area contributed by atoms with Gasteiger partial charge in [0.05, 0.1) is 24.0 Å². The number of imidazole rings is 1. The second kappa shape index (κ2) is 30.7. The fourth-order valence-electron chi connectivity index (χ4n) is 8.64. The first-order chi connectivity index (χ1) is 40.6. The lowest BCUT2D eigenvalue weighted by Gasteiger charge is -2.26. The molecule has 1 aliphatic carbocycles. The lowest BCUT2D eigenvalue weighted by molar-refractivity contribution is -0.136. The van der Waals surface area contributed by atoms with Gasteiger partial charge in [-0.2, -0.15) is 0 Å². The van der Waals surface area contributed by atoms with Crippen LogP contribution in [0.2, 0.25) is 0 Å². The third-order valence-electron chi connectivity index (χ3n) is 13.8. The molecule has 1 aromatic heterocycles. The van der Waals surface area contributed by atoms with E-state index < -0.39 is 126 Å². The first-order valence-electron chi connectivity index (χ1n) is 27.5. The second-order valence-electron chi connectivity index (χ2n) is 20.5. The number of amides is 10. The predicted octanol–water partition coefficient (Wildman–Crippen LogP) is -1.45. The molecule has 0 saturated carbocycles. The molecule has 10 amide bonds. The molecule has 2 aromatic carbocycles. The lowest BCUT2D eigenvalue weighted by Crippen LogP contribution is -2.60. The van der Waals surface area contributed by atoms with Crippen molar-refractivity contribution in [2.75, 3.05) is 20.6 Å². The van der Waals surface area contributed by atoms with Crippen LogP contribution in [-0.4, -0.2) is 171 Å². The number of H-pyrrole nitrogens is 1. The van der Waals surface area contributed by atoms with Gasteiger partial charge in [-0.25, -0.2) is 9.78 Å². The third-order valence-corrected chi connectivity index (χ3v) is 13.8. The summed E-state index contributed by atoms with van der Waals surface area (Å²) in [6.45, 7) is 9.41. The smallest absolute Gasteiger partial charge is 0.336 e. The zero-order chi connectivity index (χ0) is 63.7. The van der Waals surface area contributed by atoms with Crippen LogP contribution in [0.15, 0.2) is 76.3 Å². The highest BCUT2D eigenvalue weighted by molar-refractivity contribution is 6.09. The van der Waals surface area contributed by atoms with Crippen LogP contribution in [0.4, 0.5) is 0 Å². The summed E-state index contributed by atoms with van der Waals surface area (Å²) >= 11 is 0. The first-order valence-corrected chi connectivity index (χ1v) is 27.5. The van der Waals surface area contributed by atoms with Crippen molar-refractivity contribution < 1.29 is 72.5 Å². The second-order valence-corrected chi connectivity index (χ2v) is 20.5. The first kappa shape index (κ1) is 67.0. The number of aliphatic hydroxyl groups excluding tert-OH is 1. The van der Waals surface area contributed by atoms with E-state index in [2.05, 4.69) is 68.5 Å². The number of aliphatic hydroxyl groups is 1. The van der Waals surface area contributed by atoms with Gasteiger partial charge >= 0.3 is 5.97 Å². The fraction of sp³-hybridized carbons (Fsp3) is 0.421. The average molecular weight is 1200 g/mol. The van der Waals surface area contributed by atoms with E-state index in [1.807, 2.05) is 0 Å². The van der Waals surface area contributed by atoms with Gasteiger partial charge in [0.25, 0.3) is 5.91 Å². The van der Waals surface area contributed by atoms with Gasteiger partial charge in [0.15, 0.2) is 5.43 Å². The number of aromatic nitrogens is 2. The van der Waals surface area contributed by atoms with E-state index in [4.69, 9.17) is 4.42 Å². The molecule has 2 aliphatic rings. The third kappa shape index (κ3) is 18.1. The molecule has 5 rings (SSSR count). The van der Waals surface area contributed by atoms with Crippen LogP contribution in [0.1, 0.15) is 94.1 Å². The topological polar surface area (TPSA) is 440 Å². The maximum absolute atomic E-state index is 14.0. The van der Waals surface area contributed by atoms with E-state index in [-0.39, 0.29) is 71.4 Å². The van der Waals surface area contributed by atoms with Gasteiger partial charge in [-0.15, -0.1) is 0 Å². The number of nitrogens with one attached hydrogen (secondary N) is 12. The van der Waals surface area contributed by atoms with Crippen molar-refractivity contribution in [2.45, 2.75) is 135 Å². The van der Waals surface area contributed by atoms with E-state index in [1.165, 1.54) is 116 Å². The standard InChI is InChI=1S/C57H73N13O16/c1-26(58-8)47(74)63-27(2)48(75)65-30(5)51(78)68-41(12-10-11-19-61-53(80)33-13-16-37(57(84)85)40(20-33)45-38-17-14-35(72)22-43(38)86-44-23-36(73)15-18-39(44)45)55(82)67-29(4)50(77)64-28(3)49(76)66-31(6)52(79)70-46(32(7)71)56(83)69-42(54(81)59-9)21-34-24-60-25-62-34/h13-18,20,22-32,41-42,46,58,71-72H,10-12,19,21H2,1-9H3,(H,59,81)(H,60,62)(H,61,80)(H,63,74)(H,64,77)(H,65,75)(H,66,76)(H,67,82)(H,68,78)(H,69,83)(H,70,79)(H,84,85)/t26-,27-,28-,29-,30-,31-,32+,41-,42-,46-/m1/s1. The number of carboxylic acids is 1. The number of nitrogens with zero attached hydrogens (tertiary/aromatic N) is 1. The number of aromatic hydroxyl groups is 1. The zero-order valence-corrected chi connectivity index (χ0v) is 48.8. The Morgan fingerprint density at radius 2 is 1.15 bits per heavy atom. The van der Waals surface area contributed by atoms with E-state index in [0.29, 0.717) is 22.2 Å². The number of unbranched alkanes of at least 4 members (excludes halogenated alkanes) is 1. The van der Waals surface area contributed by atoms with Crippen LogP contribution in [0.3, 0.4) is 0 Å². The monoisotopic (exact) mass is 1200 g/mol. The summed E-state index contributed by atoms with van der Waals surface area (Å²) in [5.41, 5.74) is 0.922. The molecule has 1 aliphatic heterocycles. The summed E-state index contributed by atoms with van der Waals surface area (Å²) in [6.07, 6.45) is 1.64. The number of aromatic carboxylic acids is 1. The molecule has 10 atom stereocenters. The van der Waals surface area contributed by atoms with Gasteiger partial charge in [-0.1, -0.05) is 0 Å². The van der Waals surface area contributed by atoms with E-state index >= 15 is 0 Å². The van der Waals surface area contributed by atoms with Crippen LogP contribution in [0.25, 0.3) is 33.4 Å².